The van der Waals surface area contributed by atoms with Gasteiger partial charge in [-0.15, -0.1) is 0 Å². The first kappa shape index (κ1) is 22.7. The van der Waals surface area contributed by atoms with Crippen LogP contribution in [0.3, 0.4) is 0 Å². The Morgan fingerprint density at radius 1 is 0.966 bits per heavy atom. The minimum Gasteiger partial charge on any atom is -0.325 e. The van der Waals surface area contributed by atoms with Crippen molar-refractivity contribution in [3.63, 3.8) is 0 Å². The minimum atomic E-state index is -0.294. The highest BCUT2D eigenvalue weighted by atomic mass is 16.1. The number of nitriles is 1. The lowest BCUT2D eigenvalue weighted by atomic mass is 10.00. The Kier molecular flexibility index (Phi) is 9.98. The number of Topliss-reactive ketones (excluding diaryl/α,β-unsaturated/α-hetero) is 1. The lowest BCUT2D eigenvalue weighted by molar-refractivity contribution is -0.117. The van der Waals surface area contributed by atoms with E-state index in [1.54, 1.807) is 12.4 Å². The molecule has 0 unspecified atom stereocenters. The Balaban J connectivity index is 0.000000178. The van der Waals surface area contributed by atoms with E-state index in [0.29, 0.717) is 18.9 Å². The Morgan fingerprint density at radius 3 is 1.93 bits per heavy atom. The molecular formula is C23H31N5O. The first-order valence-electron chi connectivity index (χ1n) is 10.4. The molecule has 0 saturated heterocycles. The van der Waals surface area contributed by atoms with E-state index in [4.69, 9.17) is 11.0 Å². The summed E-state index contributed by atoms with van der Waals surface area (Å²) in [6, 6.07) is 14.0. The van der Waals surface area contributed by atoms with Crippen LogP contribution in [0.4, 0.5) is 0 Å². The zero-order chi connectivity index (χ0) is 20.8. The summed E-state index contributed by atoms with van der Waals surface area (Å²) in [7, 11) is 0. The van der Waals surface area contributed by atoms with Crippen molar-refractivity contribution < 1.29 is 4.79 Å². The third-order valence-electron chi connectivity index (χ3n) is 5.10. The maximum absolute atomic E-state index is 10.2. The molecule has 0 atom stereocenters. The monoisotopic (exact) mass is 393 g/mol. The van der Waals surface area contributed by atoms with Crippen molar-refractivity contribution in [3.05, 3.63) is 60.2 Å². The summed E-state index contributed by atoms with van der Waals surface area (Å²) < 4.78 is 0. The highest BCUT2D eigenvalue weighted by molar-refractivity contribution is 5.80. The molecule has 3 N–H and O–H groups in total. The van der Waals surface area contributed by atoms with Crippen molar-refractivity contribution in [1.29, 1.82) is 5.26 Å². The number of rotatable bonds is 4. The molecule has 154 valence electrons. The second-order valence-electron chi connectivity index (χ2n) is 7.35. The van der Waals surface area contributed by atoms with Gasteiger partial charge in [-0.3, -0.25) is 20.1 Å². The van der Waals surface area contributed by atoms with Gasteiger partial charge in [0.05, 0.1) is 17.5 Å². The highest BCUT2D eigenvalue weighted by Crippen LogP contribution is 2.29. The number of aromatic nitrogens is 2. The Bertz CT molecular complexity index is 744. The molecule has 6 nitrogen and oxygen atoms in total. The van der Waals surface area contributed by atoms with Gasteiger partial charge in [0.15, 0.2) is 0 Å². The van der Waals surface area contributed by atoms with Crippen LogP contribution in [0.5, 0.6) is 0 Å². The van der Waals surface area contributed by atoms with Crippen LogP contribution in [0.1, 0.15) is 62.8 Å². The Hall–Kier alpha value is -2.62. The third kappa shape index (κ3) is 8.51. The van der Waals surface area contributed by atoms with Gasteiger partial charge in [0, 0.05) is 38.3 Å². The van der Waals surface area contributed by atoms with E-state index >= 15 is 0 Å². The molecule has 2 aliphatic carbocycles. The smallest absolute Gasteiger partial charge is 0.132 e. The average molecular weight is 394 g/mol. The predicted molar refractivity (Wildman–Crippen MR) is 113 cm³/mol. The van der Waals surface area contributed by atoms with Crippen LogP contribution in [0.25, 0.3) is 0 Å². The molecule has 2 aromatic rings. The molecule has 4 rings (SSSR count). The topological polar surface area (TPSA) is 105 Å². The molecule has 0 aromatic carbocycles. The number of nitrogens with one attached hydrogen (secondary N) is 1. The van der Waals surface area contributed by atoms with Gasteiger partial charge in [0.25, 0.3) is 0 Å². The van der Waals surface area contributed by atoms with Crippen LogP contribution >= 0.6 is 0 Å². The number of hydrogen-bond donors (Lipinski definition) is 2. The molecule has 0 amide bonds. The fourth-order valence-electron chi connectivity index (χ4n) is 3.36. The Labute approximate surface area is 173 Å². The molecule has 2 fully saturated rings. The van der Waals surface area contributed by atoms with E-state index in [0.717, 1.165) is 62.8 Å². The summed E-state index contributed by atoms with van der Waals surface area (Å²) in [5.74, 6) is 0.454. The summed E-state index contributed by atoms with van der Waals surface area (Å²) in [5, 5.41) is 12.5. The standard InChI is InChI=1S/C12H15N3.C6H8N2.C5H8O/c13-10-12(6-2-3-7-12)15-9-11-5-1-4-8-14-11;7-5-6-3-1-2-4-8-6;6-5-3-1-2-4-5/h1,4-5,8,15H,2-3,6-7,9H2;1-4H,5,7H2;1-4H2. The van der Waals surface area contributed by atoms with Gasteiger partial charge >= 0.3 is 0 Å². The summed E-state index contributed by atoms with van der Waals surface area (Å²) in [6.45, 7) is 1.22. The van der Waals surface area contributed by atoms with Gasteiger partial charge in [-0.25, -0.2) is 0 Å². The lowest BCUT2D eigenvalue weighted by Crippen LogP contribution is -2.40. The first-order valence-corrected chi connectivity index (χ1v) is 10.4. The molecule has 2 aromatic heterocycles. The van der Waals surface area contributed by atoms with E-state index in [1.165, 1.54) is 0 Å². The predicted octanol–water partition coefficient (Wildman–Crippen LogP) is 3.68. The molecule has 29 heavy (non-hydrogen) atoms. The van der Waals surface area contributed by atoms with E-state index in [2.05, 4.69) is 21.4 Å². The maximum atomic E-state index is 10.2. The molecule has 0 radical (unpaired) electrons. The van der Waals surface area contributed by atoms with Gasteiger partial charge in [-0.1, -0.05) is 25.0 Å². The SMILES string of the molecule is N#CC1(NCc2ccccn2)CCCC1.NCc1ccccn1.O=C1CCCC1. The molecular weight excluding hydrogens is 362 g/mol. The minimum absolute atomic E-state index is 0.294. The normalized spacial score (nSPS) is 16.8. The number of nitrogens with two attached hydrogens (primary N) is 1. The molecule has 0 bridgehead atoms. The fourth-order valence-corrected chi connectivity index (χ4v) is 3.36. The van der Waals surface area contributed by atoms with Gasteiger partial charge < -0.3 is 5.73 Å². The van der Waals surface area contributed by atoms with Crippen molar-refractivity contribution in [2.24, 2.45) is 5.73 Å². The zero-order valence-corrected chi connectivity index (χ0v) is 17.0. The number of carbonyl (C=O) groups excluding carboxylic acids is 1. The zero-order valence-electron chi connectivity index (χ0n) is 17.0. The number of carbonyl (C=O) groups is 1. The summed E-state index contributed by atoms with van der Waals surface area (Å²) in [5.41, 5.74) is 6.93. The summed E-state index contributed by atoms with van der Waals surface area (Å²) >= 11 is 0. The summed E-state index contributed by atoms with van der Waals surface area (Å²) in [6.07, 6.45) is 11.7. The van der Waals surface area contributed by atoms with Crippen LogP contribution in [0.15, 0.2) is 48.8 Å². The van der Waals surface area contributed by atoms with E-state index < -0.39 is 0 Å². The highest BCUT2D eigenvalue weighted by Gasteiger charge is 2.33. The van der Waals surface area contributed by atoms with E-state index in [-0.39, 0.29) is 5.54 Å². The quantitative estimate of drug-likeness (QED) is 0.821. The first-order chi connectivity index (χ1) is 14.2. The van der Waals surface area contributed by atoms with E-state index in [1.807, 2.05) is 36.4 Å². The second-order valence-corrected chi connectivity index (χ2v) is 7.35. The number of nitrogens with zero attached hydrogens (tertiary/aromatic N) is 3. The third-order valence-corrected chi connectivity index (χ3v) is 5.10. The van der Waals surface area contributed by atoms with Crippen LogP contribution in [0, 0.1) is 11.3 Å². The molecule has 2 heterocycles. The van der Waals surface area contributed by atoms with Crippen molar-refractivity contribution in [3.8, 4) is 6.07 Å². The fraction of sp³-hybridized carbons (Fsp3) is 0.478. The number of hydrogen-bond acceptors (Lipinski definition) is 6. The second kappa shape index (κ2) is 12.8. The lowest BCUT2D eigenvalue weighted by Gasteiger charge is -2.21. The molecule has 0 spiro atoms. The van der Waals surface area contributed by atoms with Crippen molar-refractivity contribution in [2.45, 2.75) is 70.0 Å². The molecule has 6 heteroatoms. The van der Waals surface area contributed by atoms with Gasteiger partial charge in [0.2, 0.25) is 0 Å². The van der Waals surface area contributed by atoms with Crippen LogP contribution in [-0.4, -0.2) is 21.3 Å². The van der Waals surface area contributed by atoms with Crippen LogP contribution in [-0.2, 0) is 17.9 Å². The van der Waals surface area contributed by atoms with Crippen LogP contribution in [0.2, 0.25) is 0 Å². The van der Waals surface area contributed by atoms with Gasteiger partial charge in [-0.2, -0.15) is 5.26 Å². The van der Waals surface area contributed by atoms with Gasteiger partial charge in [-0.05, 0) is 49.9 Å². The van der Waals surface area contributed by atoms with Crippen molar-refractivity contribution in [2.75, 3.05) is 0 Å². The largest absolute Gasteiger partial charge is 0.325 e. The maximum Gasteiger partial charge on any atom is 0.132 e. The van der Waals surface area contributed by atoms with Crippen molar-refractivity contribution in [1.82, 2.24) is 15.3 Å². The Morgan fingerprint density at radius 2 is 1.55 bits per heavy atom. The molecule has 0 aliphatic heterocycles. The number of ketones is 1. The average Bonchev–Trinajstić information content (AvgIpc) is 3.47. The van der Waals surface area contributed by atoms with Crippen LogP contribution < -0.4 is 11.1 Å². The molecule has 2 aliphatic rings. The molecule has 2 saturated carbocycles. The van der Waals surface area contributed by atoms with Crippen molar-refractivity contribution >= 4 is 5.78 Å². The number of pyridine rings is 2. The van der Waals surface area contributed by atoms with E-state index in [9.17, 15) is 4.79 Å². The van der Waals surface area contributed by atoms with Gasteiger partial charge in [0.1, 0.15) is 11.3 Å². The summed E-state index contributed by atoms with van der Waals surface area (Å²) in [4.78, 5) is 18.4.